The highest BCUT2D eigenvalue weighted by Gasteiger charge is 2.26. The molecule has 1 aliphatic heterocycles. The first-order valence-electron chi connectivity index (χ1n) is 9.52. The molecule has 0 unspecified atom stereocenters. The van der Waals surface area contributed by atoms with E-state index >= 15 is 0 Å². The number of fused-ring (bicyclic) bond motifs is 1. The molecule has 1 aliphatic rings. The molecular weight excluding hydrogens is 372 g/mol. The molecule has 3 aromatic rings. The predicted octanol–water partition coefficient (Wildman–Crippen LogP) is 4.47. The first-order valence-corrected chi connectivity index (χ1v) is 10.5. The third-order valence-electron chi connectivity index (χ3n) is 5.48. The van der Waals surface area contributed by atoms with Gasteiger partial charge in [-0.05, 0) is 50.2 Å². The summed E-state index contributed by atoms with van der Waals surface area (Å²) in [5.41, 5.74) is 2.66. The summed E-state index contributed by atoms with van der Waals surface area (Å²) in [6.07, 6.45) is 2.30. The van der Waals surface area contributed by atoms with E-state index in [9.17, 15) is 15.0 Å². The van der Waals surface area contributed by atoms with Crippen LogP contribution in [0.4, 0.5) is 0 Å². The van der Waals surface area contributed by atoms with Crippen molar-refractivity contribution in [1.82, 2.24) is 9.47 Å². The van der Waals surface area contributed by atoms with Gasteiger partial charge in [-0.2, -0.15) is 0 Å². The van der Waals surface area contributed by atoms with E-state index < -0.39 is 5.97 Å². The van der Waals surface area contributed by atoms with Crippen molar-refractivity contribution in [2.45, 2.75) is 30.0 Å². The average Bonchev–Trinajstić information content (AvgIpc) is 3.29. The third-order valence-corrected chi connectivity index (χ3v) is 6.51. The molecule has 0 saturated carbocycles. The summed E-state index contributed by atoms with van der Waals surface area (Å²) in [6, 6.07) is 13.5. The molecule has 1 saturated heterocycles. The lowest BCUT2D eigenvalue weighted by atomic mass is 10.0. The summed E-state index contributed by atoms with van der Waals surface area (Å²) in [4.78, 5) is 15.6. The van der Waals surface area contributed by atoms with Crippen molar-refractivity contribution in [3.05, 3.63) is 59.3 Å². The number of aryl methyl sites for hydroxylation is 1. The van der Waals surface area contributed by atoms with Crippen molar-refractivity contribution in [3.8, 4) is 5.75 Å². The van der Waals surface area contributed by atoms with Crippen LogP contribution in [0.25, 0.3) is 10.9 Å². The van der Waals surface area contributed by atoms with E-state index in [1.807, 2.05) is 48.0 Å². The van der Waals surface area contributed by atoms with E-state index in [-0.39, 0.29) is 5.75 Å². The molecule has 6 heteroatoms. The number of likely N-dealkylation sites (tertiary alicyclic amines) is 1. The van der Waals surface area contributed by atoms with Gasteiger partial charge < -0.3 is 14.8 Å². The molecule has 2 aromatic carbocycles. The molecule has 0 spiro atoms. The van der Waals surface area contributed by atoms with Crippen molar-refractivity contribution < 1.29 is 15.0 Å². The molecule has 0 aliphatic carbocycles. The summed E-state index contributed by atoms with van der Waals surface area (Å²) in [5.74, 6) is -0.210. The van der Waals surface area contributed by atoms with Gasteiger partial charge in [0.25, 0.3) is 0 Å². The number of hydrogen-bond acceptors (Lipinski definition) is 4. The van der Waals surface area contributed by atoms with Crippen LogP contribution in [0.3, 0.4) is 0 Å². The molecule has 2 heterocycles. The number of aromatic nitrogens is 1. The number of aromatic hydroxyl groups is 1. The van der Waals surface area contributed by atoms with E-state index in [0.717, 1.165) is 47.6 Å². The van der Waals surface area contributed by atoms with Crippen LogP contribution in [0.1, 0.15) is 34.5 Å². The van der Waals surface area contributed by atoms with E-state index in [0.29, 0.717) is 23.2 Å². The lowest BCUT2D eigenvalue weighted by Gasteiger charge is -2.17. The zero-order valence-corrected chi connectivity index (χ0v) is 16.7. The van der Waals surface area contributed by atoms with Gasteiger partial charge >= 0.3 is 5.97 Å². The van der Waals surface area contributed by atoms with Crippen LogP contribution in [-0.2, 0) is 19.3 Å². The lowest BCUT2D eigenvalue weighted by Crippen LogP contribution is -2.18. The van der Waals surface area contributed by atoms with Crippen molar-refractivity contribution >= 4 is 28.6 Å². The minimum atomic E-state index is -0.942. The molecule has 0 atom stereocenters. The van der Waals surface area contributed by atoms with Crippen molar-refractivity contribution in [2.24, 2.45) is 7.05 Å². The fraction of sp³-hybridized carbons (Fsp3) is 0.318. The Balaban J connectivity index is 1.80. The number of phenols is 1. The lowest BCUT2D eigenvalue weighted by molar-refractivity contribution is 0.0698. The maximum atomic E-state index is 12.2. The number of benzene rings is 2. The molecule has 0 amide bonds. The minimum absolute atomic E-state index is 0.176. The Labute approximate surface area is 168 Å². The van der Waals surface area contributed by atoms with Gasteiger partial charge in [-0.3, -0.25) is 4.90 Å². The molecule has 146 valence electrons. The maximum Gasteiger partial charge on any atom is 0.338 e. The predicted molar refractivity (Wildman–Crippen MR) is 112 cm³/mol. The average molecular weight is 397 g/mol. The largest absolute Gasteiger partial charge is 0.508 e. The second-order valence-corrected chi connectivity index (χ2v) is 8.28. The van der Waals surface area contributed by atoms with Crippen LogP contribution >= 0.6 is 11.8 Å². The summed E-state index contributed by atoms with van der Waals surface area (Å²) in [6.45, 7) is 2.56. The molecule has 5 nitrogen and oxygen atoms in total. The van der Waals surface area contributed by atoms with Gasteiger partial charge in [-0.1, -0.05) is 18.2 Å². The summed E-state index contributed by atoms with van der Waals surface area (Å²) in [5, 5.41) is 21.3. The van der Waals surface area contributed by atoms with Gasteiger partial charge in [0.15, 0.2) is 0 Å². The number of thioether (sulfide) groups is 1. The Morgan fingerprint density at radius 1 is 1.11 bits per heavy atom. The Morgan fingerprint density at radius 3 is 2.50 bits per heavy atom. The first kappa shape index (κ1) is 18.9. The van der Waals surface area contributed by atoms with Gasteiger partial charge in [-0.25, -0.2) is 4.79 Å². The Kier molecular flexibility index (Phi) is 5.33. The van der Waals surface area contributed by atoms with Gasteiger partial charge in [0.05, 0.1) is 5.56 Å². The Bertz CT molecular complexity index is 1010. The van der Waals surface area contributed by atoms with Crippen LogP contribution in [0.5, 0.6) is 5.75 Å². The van der Waals surface area contributed by atoms with Crippen LogP contribution in [0, 0.1) is 0 Å². The smallest absolute Gasteiger partial charge is 0.338 e. The second kappa shape index (κ2) is 7.89. The quantitative estimate of drug-likeness (QED) is 0.602. The van der Waals surface area contributed by atoms with E-state index in [1.54, 1.807) is 17.8 Å². The number of nitrogens with zero attached hydrogens (tertiary/aromatic N) is 2. The standard InChI is InChI=1S/C22H24N2O3S/c1-23-17-9-10-19(25)16(13-24-11-5-6-12-24)20(17)21(22(26)27)18(23)14-28-15-7-3-2-4-8-15/h2-4,7-10,25H,5-6,11-14H2,1H3,(H,26,27). The number of rotatable bonds is 6. The topological polar surface area (TPSA) is 65.7 Å². The summed E-state index contributed by atoms with van der Waals surface area (Å²) >= 11 is 1.62. The highest BCUT2D eigenvalue weighted by Crippen LogP contribution is 2.37. The summed E-state index contributed by atoms with van der Waals surface area (Å²) < 4.78 is 1.96. The van der Waals surface area contributed by atoms with Gasteiger partial charge in [-0.15, -0.1) is 11.8 Å². The van der Waals surface area contributed by atoms with Crippen molar-refractivity contribution in [3.63, 3.8) is 0 Å². The Hall–Kier alpha value is -2.44. The maximum absolute atomic E-state index is 12.2. The summed E-state index contributed by atoms with van der Waals surface area (Å²) in [7, 11) is 1.91. The van der Waals surface area contributed by atoms with Crippen LogP contribution in [0.15, 0.2) is 47.4 Å². The molecule has 4 rings (SSSR count). The third kappa shape index (κ3) is 3.50. The minimum Gasteiger partial charge on any atom is -0.508 e. The molecule has 2 N–H and O–H groups in total. The number of phenolic OH excluding ortho intramolecular Hbond substituents is 1. The second-order valence-electron chi connectivity index (χ2n) is 7.23. The Morgan fingerprint density at radius 2 is 1.82 bits per heavy atom. The number of carbonyl (C=O) groups is 1. The SMILES string of the molecule is Cn1c(CSc2ccccc2)c(C(=O)O)c2c(CN3CCCC3)c(O)ccc21. The molecule has 1 fully saturated rings. The molecule has 0 radical (unpaired) electrons. The van der Waals surface area contributed by atoms with Crippen LogP contribution in [-0.4, -0.2) is 38.7 Å². The number of hydrogen-bond donors (Lipinski definition) is 2. The molecule has 1 aromatic heterocycles. The fourth-order valence-corrected chi connectivity index (χ4v) is 5.02. The normalized spacial score (nSPS) is 14.8. The molecular formula is C22H24N2O3S. The molecule has 28 heavy (non-hydrogen) atoms. The van der Waals surface area contributed by atoms with E-state index in [2.05, 4.69) is 4.90 Å². The van der Waals surface area contributed by atoms with Crippen molar-refractivity contribution in [1.29, 1.82) is 0 Å². The van der Waals surface area contributed by atoms with Crippen LogP contribution < -0.4 is 0 Å². The number of aromatic carboxylic acids is 1. The van der Waals surface area contributed by atoms with Gasteiger partial charge in [0, 0.05) is 46.4 Å². The number of carboxylic acid groups (broad SMARTS) is 1. The van der Waals surface area contributed by atoms with Gasteiger partial charge in [0.1, 0.15) is 5.75 Å². The zero-order chi connectivity index (χ0) is 19.7. The fourth-order valence-electron chi connectivity index (χ4n) is 4.03. The monoisotopic (exact) mass is 396 g/mol. The van der Waals surface area contributed by atoms with Crippen molar-refractivity contribution in [2.75, 3.05) is 13.1 Å². The van der Waals surface area contributed by atoms with E-state index in [4.69, 9.17) is 0 Å². The highest BCUT2D eigenvalue weighted by molar-refractivity contribution is 7.98. The van der Waals surface area contributed by atoms with Crippen LogP contribution in [0.2, 0.25) is 0 Å². The zero-order valence-electron chi connectivity index (χ0n) is 15.9. The molecule has 0 bridgehead atoms. The highest BCUT2D eigenvalue weighted by atomic mass is 32.2. The number of carboxylic acids is 1. The van der Waals surface area contributed by atoms with Gasteiger partial charge in [0.2, 0.25) is 0 Å². The first-order chi connectivity index (χ1) is 13.6. The van der Waals surface area contributed by atoms with E-state index in [1.165, 1.54) is 0 Å².